The van der Waals surface area contributed by atoms with Crippen LogP contribution in [0.1, 0.15) is 61.4 Å². The van der Waals surface area contributed by atoms with Gasteiger partial charge in [-0.2, -0.15) is 0 Å². The lowest BCUT2D eigenvalue weighted by molar-refractivity contribution is 0.0681. The number of nitrogen functional groups attached to an aromatic ring is 1. The predicted octanol–water partition coefficient (Wildman–Crippen LogP) is 2.88. The van der Waals surface area contributed by atoms with Crippen LogP contribution in [-0.2, 0) is 0 Å². The summed E-state index contributed by atoms with van der Waals surface area (Å²) in [4.78, 5) is 53.7. The molecule has 4 rings (SSSR count). The molecule has 39 heavy (non-hydrogen) atoms. The number of benzene rings is 1. The van der Waals surface area contributed by atoms with Crippen molar-refractivity contribution < 1.29 is 14.7 Å². The number of rotatable bonds is 4. The summed E-state index contributed by atoms with van der Waals surface area (Å²) in [6.07, 6.45) is -1.02. The number of anilines is 1. The Bertz CT molecular complexity index is 1520. The summed E-state index contributed by atoms with van der Waals surface area (Å²) in [5, 5.41) is 14.9. The predicted molar refractivity (Wildman–Crippen MR) is 149 cm³/mol. The molecule has 2 unspecified atom stereocenters. The average molecular weight is 557 g/mol. The minimum atomic E-state index is -1.02. The van der Waals surface area contributed by atoms with Gasteiger partial charge in [-0.3, -0.25) is 9.59 Å². The van der Waals surface area contributed by atoms with Crippen molar-refractivity contribution in [3.05, 3.63) is 56.5 Å². The molecular formula is C26H33ClN8O4. The first-order valence-corrected chi connectivity index (χ1v) is 13.0. The van der Waals surface area contributed by atoms with Gasteiger partial charge in [0, 0.05) is 6.54 Å². The number of carbonyl (C=O) groups is 2. The quantitative estimate of drug-likeness (QED) is 0.439. The van der Waals surface area contributed by atoms with E-state index in [2.05, 4.69) is 15.3 Å². The van der Waals surface area contributed by atoms with Crippen LogP contribution >= 0.6 is 11.6 Å². The molecule has 13 heteroatoms. The molecule has 1 saturated heterocycles. The molecule has 3 heterocycles. The molecule has 3 aromatic rings. The van der Waals surface area contributed by atoms with E-state index in [9.17, 15) is 19.5 Å². The van der Waals surface area contributed by atoms with E-state index in [1.807, 2.05) is 20.8 Å². The van der Waals surface area contributed by atoms with Gasteiger partial charge >= 0.3 is 6.09 Å². The fraction of sp³-hybridized carbons (Fsp3) is 0.462. The number of carbonyl (C=O) groups excluding carboxylic acids is 1. The Balaban J connectivity index is 1.81. The minimum absolute atomic E-state index is 0.00347. The number of halogens is 1. The summed E-state index contributed by atoms with van der Waals surface area (Å²) < 4.78 is 1.41. The number of nitrogens with one attached hydrogen (secondary N) is 1. The number of hydrogen-bond donors (Lipinski definition) is 3. The number of piperazine rings is 1. The summed E-state index contributed by atoms with van der Waals surface area (Å²) in [5.41, 5.74) is 6.70. The molecule has 1 aliphatic rings. The van der Waals surface area contributed by atoms with Gasteiger partial charge < -0.3 is 26.1 Å². The van der Waals surface area contributed by atoms with Crippen LogP contribution in [0.15, 0.2) is 23.0 Å². The molecule has 2 aromatic heterocycles. The van der Waals surface area contributed by atoms with E-state index in [1.165, 1.54) is 9.58 Å². The topological polar surface area (TPSA) is 160 Å². The van der Waals surface area contributed by atoms with Gasteiger partial charge in [-0.1, -0.05) is 38.4 Å². The fourth-order valence-corrected chi connectivity index (χ4v) is 5.04. The number of nitrogens with two attached hydrogens (primary N) is 1. The lowest BCUT2D eigenvalue weighted by atomic mass is 9.84. The van der Waals surface area contributed by atoms with Crippen molar-refractivity contribution in [3.63, 3.8) is 0 Å². The summed E-state index contributed by atoms with van der Waals surface area (Å²) in [6.45, 7) is 11.7. The number of nitrogens with zero attached hydrogens (tertiary/aromatic N) is 6. The summed E-state index contributed by atoms with van der Waals surface area (Å²) >= 11 is 6.42. The van der Waals surface area contributed by atoms with Crippen LogP contribution in [0, 0.1) is 19.3 Å². The van der Waals surface area contributed by atoms with Crippen LogP contribution in [0.25, 0.3) is 10.9 Å². The van der Waals surface area contributed by atoms with Crippen molar-refractivity contribution >= 4 is 40.3 Å². The summed E-state index contributed by atoms with van der Waals surface area (Å²) in [6, 6.07) is 3.81. The highest BCUT2D eigenvalue weighted by molar-refractivity contribution is 6.35. The molecule has 0 saturated carbocycles. The van der Waals surface area contributed by atoms with Crippen LogP contribution in [0.3, 0.4) is 0 Å². The highest BCUT2D eigenvalue weighted by Gasteiger charge is 2.39. The zero-order valence-corrected chi connectivity index (χ0v) is 23.6. The van der Waals surface area contributed by atoms with E-state index in [1.54, 1.807) is 44.0 Å². The average Bonchev–Trinajstić information content (AvgIpc) is 2.85. The Labute approximate surface area is 230 Å². The van der Waals surface area contributed by atoms with Gasteiger partial charge in [0.1, 0.15) is 0 Å². The van der Waals surface area contributed by atoms with E-state index in [4.69, 9.17) is 22.3 Å². The molecule has 0 bridgehead atoms. The van der Waals surface area contributed by atoms with Gasteiger partial charge in [0.2, 0.25) is 0 Å². The molecule has 4 N–H and O–H groups in total. The number of aromatic nitrogens is 4. The summed E-state index contributed by atoms with van der Waals surface area (Å²) in [5.74, 6) is -0.308. The Kier molecular flexibility index (Phi) is 7.44. The molecule has 2 atom stereocenters. The van der Waals surface area contributed by atoms with Crippen LogP contribution in [0.2, 0.25) is 5.02 Å². The number of fused-ring (bicyclic) bond motifs is 1. The van der Waals surface area contributed by atoms with Gasteiger partial charge in [-0.15, -0.1) is 0 Å². The smallest absolute Gasteiger partial charge is 0.407 e. The van der Waals surface area contributed by atoms with Crippen molar-refractivity contribution in [3.8, 4) is 0 Å². The molecule has 1 aliphatic heterocycles. The Morgan fingerprint density at radius 2 is 1.82 bits per heavy atom. The highest BCUT2D eigenvalue weighted by atomic mass is 35.5. The largest absolute Gasteiger partial charge is 0.465 e. The zero-order valence-electron chi connectivity index (χ0n) is 22.8. The van der Waals surface area contributed by atoms with Crippen LogP contribution < -0.4 is 21.6 Å². The summed E-state index contributed by atoms with van der Waals surface area (Å²) in [7, 11) is 0. The van der Waals surface area contributed by atoms with Crippen molar-refractivity contribution in [2.75, 3.05) is 30.4 Å². The number of aryl methyl sites for hydroxylation is 2. The van der Waals surface area contributed by atoms with E-state index in [0.29, 0.717) is 16.9 Å². The van der Waals surface area contributed by atoms with Crippen molar-refractivity contribution in [2.45, 2.75) is 53.6 Å². The highest BCUT2D eigenvalue weighted by Crippen LogP contribution is 2.28. The van der Waals surface area contributed by atoms with Gasteiger partial charge in [-0.25, -0.2) is 24.4 Å². The van der Waals surface area contributed by atoms with Gasteiger partial charge in [0.15, 0.2) is 17.3 Å². The molecule has 1 fully saturated rings. The standard InChI is InChI=1S/C26H33ClN8O4/c1-13-14(2)30-21(28)20(29-13)23(36)31-15(3)22-32-17-9-7-8-16(27)19(17)24(37)35(22)33-10-11-34(25(38)39)18(12-33)26(4,5)6/h7-9,15,18H,10-12H2,1-6H3,(H2,28,30)(H,31,36)(H,38,39). The van der Waals surface area contributed by atoms with Crippen molar-refractivity contribution in [1.82, 2.24) is 29.8 Å². The van der Waals surface area contributed by atoms with Crippen LogP contribution in [0.4, 0.5) is 10.6 Å². The maximum atomic E-state index is 13.9. The monoisotopic (exact) mass is 556 g/mol. The van der Waals surface area contributed by atoms with E-state index >= 15 is 0 Å². The van der Waals surface area contributed by atoms with E-state index < -0.39 is 35.1 Å². The molecule has 1 aromatic carbocycles. The van der Waals surface area contributed by atoms with Crippen molar-refractivity contribution in [2.24, 2.45) is 5.41 Å². The molecule has 12 nitrogen and oxygen atoms in total. The lowest BCUT2D eigenvalue weighted by Gasteiger charge is -2.47. The normalized spacial score (nSPS) is 16.8. The molecule has 208 valence electrons. The second-order valence-electron chi connectivity index (χ2n) is 10.8. The van der Waals surface area contributed by atoms with Crippen molar-refractivity contribution in [1.29, 1.82) is 0 Å². The van der Waals surface area contributed by atoms with E-state index in [-0.39, 0.29) is 47.4 Å². The van der Waals surface area contributed by atoms with Gasteiger partial charge in [-0.05, 0) is 38.3 Å². The SMILES string of the molecule is Cc1nc(N)c(C(=O)NC(C)c2nc3cccc(Cl)c3c(=O)n2N2CCN(C(=O)O)C(C(C)(C)C)C2)nc1C. The van der Waals surface area contributed by atoms with Gasteiger partial charge in [0.25, 0.3) is 11.5 Å². The first kappa shape index (κ1) is 28.1. The molecule has 0 spiro atoms. The van der Waals surface area contributed by atoms with E-state index in [0.717, 1.165) is 0 Å². The third-order valence-electron chi connectivity index (χ3n) is 7.02. The Hall–Kier alpha value is -3.93. The molecule has 0 radical (unpaired) electrons. The van der Waals surface area contributed by atoms with Crippen LogP contribution in [-0.4, -0.2) is 67.3 Å². The Morgan fingerprint density at radius 1 is 1.15 bits per heavy atom. The fourth-order valence-electron chi connectivity index (χ4n) is 4.79. The first-order valence-electron chi connectivity index (χ1n) is 12.6. The van der Waals surface area contributed by atoms with Crippen LogP contribution in [0.5, 0.6) is 0 Å². The third kappa shape index (κ3) is 5.33. The maximum Gasteiger partial charge on any atom is 0.407 e. The second-order valence-corrected chi connectivity index (χ2v) is 11.2. The molecule has 2 amide bonds. The van der Waals surface area contributed by atoms with Gasteiger partial charge in [0.05, 0.1) is 52.5 Å². The Morgan fingerprint density at radius 3 is 2.46 bits per heavy atom. The maximum absolute atomic E-state index is 13.9. The molecule has 0 aliphatic carbocycles. The number of carboxylic acid groups (broad SMARTS) is 1. The zero-order chi connectivity index (χ0) is 28.8. The third-order valence-corrected chi connectivity index (χ3v) is 7.34. The number of amides is 2. The lowest BCUT2D eigenvalue weighted by Crippen LogP contribution is -2.64. The first-order chi connectivity index (χ1) is 18.2. The molecular weight excluding hydrogens is 524 g/mol. The minimum Gasteiger partial charge on any atom is -0.465 e. The second kappa shape index (κ2) is 10.3. The number of hydrogen-bond acceptors (Lipinski definition) is 8.